The number of rotatable bonds is 3. The molecule has 2 aromatic rings. The van der Waals surface area contributed by atoms with E-state index in [0.717, 1.165) is 12.1 Å². The SMILES string of the molecule is CCc1ccccc1-c1ccc(C(N)=O)c(F)c1C(F)(F)F. The van der Waals surface area contributed by atoms with Crippen LogP contribution in [0.3, 0.4) is 0 Å². The number of carbonyl (C=O) groups is 1. The molecule has 0 saturated heterocycles. The highest BCUT2D eigenvalue weighted by Crippen LogP contribution is 2.40. The van der Waals surface area contributed by atoms with Gasteiger partial charge in [-0.3, -0.25) is 4.79 Å². The number of primary amides is 1. The van der Waals surface area contributed by atoms with Crippen LogP contribution in [0.15, 0.2) is 36.4 Å². The molecule has 0 atom stereocenters. The fourth-order valence-corrected chi connectivity index (χ4v) is 2.36. The van der Waals surface area contributed by atoms with Gasteiger partial charge >= 0.3 is 6.18 Å². The van der Waals surface area contributed by atoms with Crippen molar-refractivity contribution in [3.05, 3.63) is 58.9 Å². The summed E-state index contributed by atoms with van der Waals surface area (Å²) in [4.78, 5) is 11.1. The molecular formula is C16H13F4NO. The molecular weight excluding hydrogens is 298 g/mol. The second-order valence-electron chi connectivity index (χ2n) is 4.72. The predicted octanol–water partition coefficient (Wildman–Crippen LogP) is 4.17. The topological polar surface area (TPSA) is 43.1 Å². The van der Waals surface area contributed by atoms with Gasteiger partial charge in [0.1, 0.15) is 5.82 Å². The van der Waals surface area contributed by atoms with Gasteiger partial charge in [-0.25, -0.2) is 4.39 Å². The first-order valence-corrected chi connectivity index (χ1v) is 6.55. The van der Waals surface area contributed by atoms with E-state index in [1.807, 2.05) is 0 Å². The number of hydrogen-bond acceptors (Lipinski definition) is 1. The first-order chi connectivity index (χ1) is 10.3. The van der Waals surface area contributed by atoms with Crippen molar-refractivity contribution in [3.63, 3.8) is 0 Å². The van der Waals surface area contributed by atoms with Gasteiger partial charge in [-0.05, 0) is 29.2 Å². The first-order valence-electron chi connectivity index (χ1n) is 6.55. The molecule has 2 aromatic carbocycles. The van der Waals surface area contributed by atoms with Gasteiger partial charge in [0, 0.05) is 0 Å². The van der Waals surface area contributed by atoms with Gasteiger partial charge in [-0.2, -0.15) is 13.2 Å². The van der Waals surface area contributed by atoms with Gasteiger partial charge in [-0.1, -0.05) is 37.3 Å². The number of benzene rings is 2. The number of carbonyl (C=O) groups excluding carboxylic acids is 1. The van der Waals surface area contributed by atoms with E-state index in [9.17, 15) is 22.4 Å². The molecule has 0 aromatic heterocycles. The normalized spacial score (nSPS) is 11.5. The molecule has 2 nitrogen and oxygen atoms in total. The minimum absolute atomic E-state index is 0.284. The molecule has 1 amide bonds. The summed E-state index contributed by atoms with van der Waals surface area (Å²) in [5.41, 5.74) is 3.32. The monoisotopic (exact) mass is 311 g/mol. The van der Waals surface area contributed by atoms with Gasteiger partial charge < -0.3 is 5.73 Å². The van der Waals surface area contributed by atoms with E-state index in [0.29, 0.717) is 12.0 Å². The van der Waals surface area contributed by atoms with E-state index in [1.54, 1.807) is 25.1 Å². The highest BCUT2D eigenvalue weighted by Gasteiger charge is 2.39. The zero-order valence-electron chi connectivity index (χ0n) is 11.7. The average molecular weight is 311 g/mol. The molecule has 0 spiro atoms. The summed E-state index contributed by atoms with van der Waals surface area (Å²) in [6.45, 7) is 1.79. The Morgan fingerprint density at radius 2 is 1.73 bits per heavy atom. The number of hydrogen-bond donors (Lipinski definition) is 1. The highest BCUT2D eigenvalue weighted by atomic mass is 19.4. The van der Waals surface area contributed by atoms with Crippen LogP contribution in [0.25, 0.3) is 11.1 Å². The summed E-state index contributed by atoms with van der Waals surface area (Å²) in [7, 11) is 0. The minimum atomic E-state index is -4.94. The molecule has 116 valence electrons. The summed E-state index contributed by atoms with van der Waals surface area (Å²) in [5.74, 6) is -2.87. The van der Waals surface area contributed by atoms with Gasteiger partial charge in [-0.15, -0.1) is 0 Å². The number of alkyl halides is 3. The zero-order valence-corrected chi connectivity index (χ0v) is 11.7. The van der Waals surface area contributed by atoms with Crippen molar-refractivity contribution in [2.45, 2.75) is 19.5 Å². The quantitative estimate of drug-likeness (QED) is 0.849. The Morgan fingerprint density at radius 3 is 2.27 bits per heavy atom. The Morgan fingerprint density at radius 1 is 1.09 bits per heavy atom. The Bertz CT molecular complexity index is 723. The Balaban J connectivity index is 2.82. The van der Waals surface area contributed by atoms with Gasteiger partial charge in [0.05, 0.1) is 11.1 Å². The van der Waals surface area contributed by atoms with Crippen LogP contribution in [0.4, 0.5) is 17.6 Å². The van der Waals surface area contributed by atoms with Crippen molar-refractivity contribution < 1.29 is 22.4 Å². The van der Waals surface area contributed by atoms with Crippen molar-refractivity contribution in [2.75, 3.05) is 0 Å². The van der Waals surface area contributed by atoms with Crippen LogP contribution in [-0.4, -0.2) is 5.91 Å². The van der Waals surface area contributed by atoms with E-state index in [-0.39, 0.29) is 11.1 Å². The molecule has 0 aliphatic rings. The van der Waals surface area contributed by atoms with Crippen LogP contribution in [0, 0.1) is 5.82 Å². The van der Waals surface area contributed by atoms with Gasteiger partial charge in [0.2, 0.25) is 0 Å². The van der Waals surface area contributed by atoms with Gasteiger partial charge in [0.25, 0.3) is 5.91 Å². The number of halogens is 4. The lowest BCUT2D eigenvalue weighted by Crippen LogP contribution is -2.18. The van der Waals surface area contributed by atoms with Crippen LogP contribution >= 0.6 is 0 Å². The molecule has 2 rings (SSSR count). The highest BCUT2D eigenvalue weighted by molar-refractivity contribution is 5.94. The molecule has 0 aliphatic carbocycles. The van der Waals surface area contributed by atoms with Crippen LogP contribution in [0.2, 0.25) is 0 Å². The number of aryl methyl sites for hydroxylation is 1. The predicted molar refractivity (Wildman–Crippen MR) is 74.7 cm³/mol. The molecule has 0 aliphatic heterocycles. The standard InChI is InChI=1S/C16H13F4NO/c1-2-9-5-3-4-6-10(9)11-7-8-12(15(21)22)14(17)13(11)16(18,19)20/h3-8H,2H2,1H3,(H2,21,22). The summed E-state index contributed by atoms with van der Waals surface area (Å²) in [6, 6.07) is 8.51. The Kier molecular flexibility index (Phi) is 4.21. The lowest BCUT2D eigenvalue weighted by atomic mass is 9.92. The van der Waals surface area contributed by atoms with E-state index in [4.69, 9.17) is 5.73 Å². The maximum Gasteiger partial charge on any atom is 0.419 e. The summed E-state index contributed by atoms with van der Waals surface area (Å²) in [6.07, 6.45) is -4.45. The van der Waals surface area contributed by atoms with Crippen molar-refractivity contribution >= 4 is 5.91 Å². The Labute approximate surface area is 124 Å². The van der Waals surface area contributed by atoms with Crippen molar-refractivity contribution in [1.29, 1.82) is 0 Å². The molecule has 2 N–H and O–H groups in total. The van der Waals surface area contributed by atoms with Crippen LogP contribution in [0.5, 0.6) is 0 Å². The summed E-state index contributed by atoms with van der Waals surface area (Å²) in [5, 5.41) is 0. The third-order valence-corrected chi connectivity index (χ3v) is 3.38. The first kappa shape index (κ1) is 16.0. The van der Waals surface area contributed by atoms with E-state index >= 15 is 0 Å². The molecule has 6 heteroatoms. The second-order valence-corrected chi connectivity index (χ2v) is 4.72. The minimum Gasteiger partial charge on any atom is -0.366 e. The fourth-order valence-electron chi connectivity index (χ4n) is 2.36. The van der Waals surface area contributed by atoms with Crippen molar-refractivity contribution in [1.82, 2.24) is 0 Å². The molecule has 0 fully saturated rings. The molecule has 0 bridgehead atoms. The number of nitrogens with two attached hydrogens (primary N) is 1. The molecule has 22 heavy (non-hydrogen) atoms. The third kappa shape index (κ3) is 2.81. The molecule has 0 saturated carbocycles. The molecule has 0 unspecified atom stereocenters. The largest absolute Gasteiger partial charge is 0.419 e. The average Bonchev–Trinajstić information content (AvgIpc) is 2.45. The number of amides is 1. The second kappa shape index (κ2) is 5.79. The van der Waals surface area contributed by atoms with E-state index < -0.39 is 29.0 Å². The maximum atomic E-state index is 14.2. The van der Waals surface area contributed by atoms with Crippen molar-refractivity contribution in [2.24, 2.45) is 5.73 Å². The van der Waals surface area contributed by atoms with E-state index in [2.05, 4.69) is 0 Å². The van der Waals surface area contributed by atoms with Crippen molar-refractivity contribution in [3.8, 4) is 11.1 Å². The lowest BCUT2D eigenvalue weighted by Gasteiger charge is -2.17. The lowest BCUT2D eigenvalue weighted by molar-refractivity contribution is -0.139. The van der Waals surface area contributed by atoms with Crippen LogP contribution in [0.1, 0.15) is 28.4 Å². The smallest absolute Gasteiger partial charge is 0.366 e. The summed E-state index contributed by atoms with van der Waals surface area (Å²) < 4.78 is 54.0. The van der Waals surface area contributed by atoms with Gasteiger partial charge in [0.15, 0.2) is 0 Å². The molecule has 0 radical (unpaired) electrons. The van der Waals surface area contributed by atoms with Crippen LogP contribution in [-0.2, 0) is 12.6 Å². The maximum absolute atomic E-state index is 14.2. The fraction of sp³-hybridized carbons (Fsp3) is 0.188. The van der Waals surface area contributed by atoms with E-state index in [1.165, 1.54) is 6.07 Å². The zero-order chi connectivity index (χ0) is 16.5. The molecule has 0 heterocycles. The summed E-state index contributed by atoms with van der Waals surface area (Å²) >= 11 is 0. The third-order valence-electron chi connectivity index (χ3n) is 3.38. The van der Waals surface area contributed by atoms with Crippen LogP contribution < -0.4 is 5.73 Å². The Hall–Kier alpha value is -2.37.